The lowest BCUT2D eigenvalue weighted by molar-refractivity contribution is -0.133. The average Bonchev–Trinajstić information content (AvgIpc) is 2.93. The lowest BCUT2D eigenvalue weighted by atomic mass is 9.76. The highest BCUT2D eigenvalue weighted by Gasteiger charge is 2.36. The fourth-order valence-corrected chi connectivity index (χ4v) is 6.82. The van der Waals surface area contributed by atoms with Crippen molar-refractivity contribution in [3.63, 3.8) is 0 Å². The number of halogens is 3. The molecule has 0 bridgehead atoms. The van der Waals surface area contributed by atoms with Gasteiger partial charge in [-0.2, -0.15) is 0 Å². The Balaban J connectivity index is 1.53. The molecule has 176 valence electrons. The third-order valence-electron chi connectivity index (χ3n) is 6.95. The predicted molar refractivity (Wildman–Crippen MR) is 139 cm³/mol. The molecule has 0 unspecified atom stereocenters. The maximum atomic E-state index is 12.7. The Hall–Kier alpha value is -1.24. The summed E-state index contributed by atoms with van der Waals surface area (Å²) in [5.74, 6) is 1.01. The molecule has 0 saturated carbocycles. The SMILES string of the molecule is CC(=O)CCCCC(=O)N1CCC([C@H]2c3ncc(Br)cc3CCc3cc(Cl)cc(Br)c32)CC1. The van der Waals surface area contributed by atoms with Crippen LogP contribution in [-0.2, 0) is 22.4 Å². The molecule has 1 aromatic heterocycles. The van der Waals surface area contributed by atoms with Crippen molar-refractivity contribution in [2.45, 2.75) is 64.2 Å². The Bertz CT molecular complexity index is 1050. The minimum atomic E-state index is 0.185. The van der Waals surface area contributed by atoms with E-state index in [2.05, 4.69) is 44.0 Å². The van der Waals surface area contributed by atoms with Crippen LogP contribution in [0.2, 0.25) is 5.02 Å². The summed E-state index contributed by atoms with van der Waals surface area (Å²) in [6, 6.07) is 6.31. The van der Waals surface area contributed by atoms with E-state index in [0.29, 0.717) is 18.8 Å². The molecular weight excluding hydrogens is 568 g/mol. The zero-order valence-electron chi connectivity index (χ0n) is 18.9. The molecule has 1 aliphatic heterocycles. The molecule has 0 radical (unpaired) electrons. The smallest absolute Gasteiger partial charge is 0.222 e. The summed E-state index contributed by atoms with van der Waals surface area (Å²) in [5.41, 5.74) is 5.05. The Morgan fingerprint density at radius 3 is 2.48 bits per heavy atom. The van der Waals surface area contributed by atoms with Crippen molar-refractivity contribution in [2.24, 2.45) is 5.92 Å². The number of carbonyl (C=O) groups is 2. The van der Waals surface area contributed by atoms with E-state index in [4.69, 9.17) is 16.6 Å². The van der Waals surface area contributed by atoms with Crippen LogP contribution in [0.4, 0.5) is 0 Å². The second kappa shape index (κ2) is 11.0. The molecule has 0 N–H and O–H groups in total. The van der Waals surface area contributed by atoms with Crippen LogP contribution in [0.25, 0.3) is 0 Å². The Morgan fingerprint density at radius 1 is 1.06 bits per heavy atom. The molecule has 7 heteroatoms. The van der Waals surface area contributed by atoms with Crippen molar-refractivity contribution in [2.75, 3.05) is 13.1 Å². The molecule has 4 nitrogen and oxygen atoms in total. The zero-order chi connectivity index (χ0) is 23.5. The first-order chi connectivity index (χ1) is 15.8. The van der Waals surface area contributed by atoms with E-state index in [1.807, 2.05) is 17.2 Å². The van der Waals surface area contributed by atoms with Gasteiger partial charge >= 0.3 is 0 Å². The largest absolute Gasteiger partial charge is 0.343 e. The fraction of sp³-hybridized carbons (Fsp3) is 0.500. The molecule has 0 spiro atoms. The van der Waals surface area contributed by atoms with Gasteiger partial charge < -0.3 is 9.69 Å². The summed E-state index contributed by atoms with van der Waals surface area (Å²) in [7, 11) is 0. The summed E-state index contributed by atoms with van der Waals surface area (Å²) in [6.45, 7) is 3.16. The number of hydrogen-bond acceptors (Lipinski definition) is 3. The van der Waals surface area contributed by atoms with Crippen LogP contribution in [0.5, 0.6) is 0 Å². The number of hydrogen-bond donors (Lipinski definition) is 0. The molecule has 33 heavy (non-hydrogen) atoms. The maximum absolute atomic E-state index is 12.7. The predicted octanol–water partition coefficient (Wildman–Crippen LogP) is 6.88. The number of pyridine rings is 1. The number of Topliss-reactive ketones (excluding diaryl/α,β-unsaturated/α-hetero) is 1. The number of nitrogens with zero attached hydrogens (tertiary/aromatic N) is 2. The first-order valence-corrected chi connectivity index (χ1v) is 13.7. The van der Waals surface area contributed by atoms with Crippen LogP contribution in [-0.4, -0.2) is 34.7 Å². The van der Waals surface area contributed by atoms with Crippen LogP contribution in [0.15, 0.2) is 33.3 Å². The summed E-state index contributed by atoms with van der Waals surface area (Å²) >= 11 is 13.8. The van der Waals surface area contributed by atoms with Gasteiger partial charge in [-0.1, -0.05) is 27.5 Å². The summed E-state index contributed by atoms with van der Waals surface area (Å²) in [5, 5.41) is 0.754. The molecule has 1 aromatic carbocycles. The van der Waals surface area contributed by atoms with Crippen molar-refractivity contribution < 1.29 is 9.59 Å². The molecular formula is C26H29Br2ClN2O2. The number of fused-ring (bicyclic) bond motifs is 2. The lowest BCUT2D eigenvalue weighted by Gasteiger charge is -2.37. The maximum Gasteiger partial charge on any atom is 0.222 e. The first kappa shape index (κ1) is 24.9. The van der Waals surface area contributed by atoms with E-state index < -0.39 is 0 Å². The minimum Gasteiger partial charge on any atom is -0.343 e. The third kappa shape index (κ3) is 5.88. The fourth-order valence-electron chi connectivity index (χ4n) is 5.32. The number of aromatic nitrogens is 1. The number of benzene rings is 1. The van der Waals surface area contributed by atoms with Crippen LogP contribution in [0.1, 0.15) is 73.8 Å². The van der Waals surface area contributed by atoms with Gasteiger partial charge in [-0.3, -0.25) is 9.78 Å². The van der Waals surface area contributed by atoms with Gasteiger partial charge in [0.05, 0.1) is 5.69 Å². The van der Waals surface area contributed by atoms with Crippen LogP contribution < -0.4 is 0 Å². The third-order valence-corrected chi connectivity index (χ3v) is 8.26. The number of likely N-dealkylation sites (tertiary alicyclic amines) is 1. The molecule has 2 aromatic rings. The van der Waals surface area contributed by atoms with Gasteiger partial charge in [-0.05, 0) is 102 Å². The highest BCUT2D eigenvalue weighted by atomic mass is 79.9. The lowest BCUT2D eigenvalue weighted by Crippen LogP contribution is -2.40. The van der Waals surface area contributed by atoms with Gasteiger partial charge in [0.15, 0.2) is 0 Å². The summed E-state index contributed by atoms with van der Waals surface area (Å²) in [6.07, 6.45) is 8.37. The number of aryl methyl sites for hydroxylation is 2. The van der Waals surface area contributed by atoms with Crippen LogP contribution in [0.3, 0.4) is 0 Å². The van der Waals surface area contributed by atoms with E-state index >= 15 is 0 Å². The zero-order valence-corrected chi connectivity index (χ0v) is 22.8. The number of amides is 1. The highest BCUT2D eigenvalue weighted by Crippen LogP contribution is 2.46. The summed E-state index contributed by atoms with van der Waals surface area (Å²) < 4.78 is 2.06. The van der Waals surface area contributed by atoms with Gasteiger partial charge in [0.1, 0.15) is 5.78 Å². The Morgan fingerprint density at radius 2 is 1.76 bits per heavy atom. The number of carbonyl (C=O) groups excluding carboxylic acids is 2. The van der Waals surface area contributed by atoms with Crippen molar-refractivity contribution in [3.8, 4) is 0 Å². The highest BCUT2D eigenvalue weighted by molar-refractivity contribution is 9.10. The Labute approximate surface area is 217 Å². The van der Waals surface area contributed by atoms with E-state index in [1.54, 1.807) is 6.92 Å². The molecule has 1 amide bonds. The molecule has 1 aliphatic carbocycles. The Kier molecular flexibility index (Phi) is 8.29. The van der Waals surface area contributed by atoms with Gasteiger partial charge in [0.2, 0.25) is 5.91 Å². The van der Waals surface area contributed by atoms with Crippen molar-refractivity contribution in [3.05, 3.63) is 60.7 Å². The topological polar surface area (TPSA) is 50.3 Å². The van der Waals surface area contributed by atoms with Gasteiger partial charge in [0, 0.05) is 52.0 Å². The molecule has 4 rings (SSSR count). The van der Waals surface area contributed by atoms with Crippen LogP contribution >= 0.6 is 43.5 Å². The molecule has 2 heterocycles. The van der Waals surface area contributed by atoms with E-state index in [0.717, 1.165) is 71.3 Å². The normalized spacial score (nSPS) is 18.4. The van der Waals surface area contributed by atoms with E-state index in [-0.39, 0.29) is 17.6 Å². The molecule has 1 saturated heterocycles. The number of rotatable bonds is 6. The second-order valence-corrected chi connectivity index (χ2v) is 11.5. The van der Waals surface area contributed by atoms with Crippen LogP contribution in [0, 0.1) is 5.92 Å². The van der Waals surface area contributed by atoms with Gasteiger partial charge in [0.25, 0.3) is 0 Å². The van der Waals surface area contributed by atoms with Crippen molar-refractivity contribution >= 4 is 55.2 Å². The quantitative estimate of drug-likeness (QED) is 0.342. The van der Waals surface area contributed by atoms with Crippen molar-refractivity contribution in [1.82, 2.24) is 9.88 Å². The number of unbranched alkanes of at least 4 members (excludes halogenated alkanes) is 1. The van der Waals surface area contributed by atoms with E-state index in [9.17, 15) is 9.59 Å². The molecule has 2 aliphatic rings. The van der Waals surface area contributed by atoms with Gasteiger partial charge in [-0.25, -0.2) is 0 Å². The standard InChI is InChI=1S/C26H29Br2ClN2O2/c1-16(32)4-2-3-5-23(33)31-10-8-17(9-11-31)25-24-18(13-21(29)14-22(24)28)6-7-19-12-20(27)15-30-26(19)25/h12-15,17,25H,2-11H2,1H3/t25-/m1/s1. The van der Waals surface area contributed by atoms with Crippen molar-refractivity contribution in [1.29, 1.82) is 0 Å². The van der Waals surface area contributed by atoms with E-state index in [1.165, 1.54) is 16.7 Å². The minimum absolute atomic E-state index is 0.185. The molecule has 1 atom stereocenters. The average molecular weight is 597 g/mol. The number of ketones is 1. The molecule has 1 fully saturated rings. The summed E-state index contributed by atoms with van der Waals surface area (Å²) in [4.78, 5) is 30.7. The first-order valence-electron chi connectivity index (χ1n) is 11.7. The van der Waals surface area contributed by atoms with Gasteiger partial charge in [-0.15, -0.1) is 0 Å². The number of piperidine rings is 1. The second-order valence-electron chi connectivity index (χ2n) is 9.26. The monoisotopic (exact) mass is 594 g/mol.